The van der Waals surface area contributed by atoms with Gasteiger partial charge in [0.2, 0.25) is 11.5 Å². The zero-order valence-corrected chi connectivity index (χ0v) is 29.6. The molecule has 1 aromatic carbocycles. The maximum absolute atomic E-state index is 15.0. The number of thiophene rings is 1. The van der Waals surface area contributed by atoms with Crippen LogP contribution in [0.1, 0.15) is 65.7 Å². The minimum Gasteiger partial charge on any atom is -0.489 e. The largest absolute Gasteiger partial charge is 0.489 e. The van der Waals surface area contributed by atoms with E-state index in [9.17, 15) is 41.0 Å². The van der Waals surface area contributed by atoms with Gasteiger partial charge in [-0.1, -0.05) is 31.4 Å². The van der Waals surface area contributed by atoms with Crippen LogP contribution in [0.2, 0.25) is 0 Å². The van der Waals surface area contributed by atoms with Crippen molar-refractivity contribution in [3.8, 4) is 17.4 Å². The molecular formula is C36H40F6N4O6S. The molecule has 2 aromatic heterocycles. The van der Waals surface area contributed by atoms with Crippen LogP contribution in [-0.4, -0.2) is 95.9 Å². The lowest BCUT2D eigenvalue weighted by molar-refractivity contribution is -0.159. The van der Waals surface area contributed by atoms with Gasteiger partial charge in [-0.3, -0.25) is 9.59 Å². The molecule has 1 N–H and O–H groups in total. The van der Waals surface area contributed by atoms with Crippen LogP contribution in [0.3, 0.4) is 0 Å². The summed E-state index contributed by atoms with van der Waals surface area (Å²) in [4.78, 5) is 37.3. The van der Waals surface area contributed by atoms with Gasteiger partial charge in [0.05, 0.1) is 30.5 Å². The molecule has 3 aliphatic heterocycles. The van der Waals surface area contributed by atoms with Crippen LogP contribution in [0, 0.1) is 0 Å². The number of aliphatic hydroxyl groups excluding tert-OH is 1. The number of para-hydroxylation sites is 2. The number of alkyl halides is 6. The van der Waals surface area contributed by atoms with Crippen molar-refractivity contribution in [3.63, 3.8) is 0 Å². The van der Waals surface area contributed by atoms with Crippen molar-refractivity contribution in [2.24, 2.45) is 0 Å². The van der Waals surface area contributed by atoms with E-state index < -0.39 is 57.7 Å². The number of aliphatic hydroxyl groups is 1. The summed E-state index contributed by atoms with van der Waals surface area (Å²) < 4.78 is 102. The number of aromatic nitrogens is 1. The van der Waals surface area contributed by atoms with Gasteiger partial charge in [-0.25, -0.2) is 4.98 Å². The van der Waals surface area contributed by atoms with Gasteiger partial charge < -0.3 is 34.0 Å². The molecule has 288 valence electrons. The van der Waals surface area contributed by atoms with E-state index in [0.717, 1.165) is 23.3 Å². The van der Waals surface area contributed by atoms with E-state index in [-0.39, 0.29) is 64.5 Å². The van der Waals surface area contributed by atoms with E-state index >= 15 is 0 Å². The molecule has 0 aliphatic carbocycles. The topological polar surface area (TPSA) is 105 Å². The molecular weight excluding hydrogens is 730 g/mol. The van der Waals surface area contributed by atoms with Gasteiger partial charge in [-0.2, -0.15) is 26.3 Å². The number of piperazine rings is 1. The van der Waals surface area contributed by atoms with Crippen LogP contribution in [0.5, 0.6) is 17.4 Å². The Kier molecular flexibility index (Phi) is 11.6. The first-order chi connectivity index (χ1) is 25.3. The minimum absolute atomic E-state index is 0.0120. The zero-order chi connectivity index (χ0) is 37.8. The maximum Gasteiger partial charge on any atom is 0.425 e. The molecule has 5 heterocycles. The number of ether oxygens (including phenoxy) is 3. The molecule has 2 atom stereocenters. The van der Waals surface area contributed by atoms with E-state index in [0.29, 0.717) is 61.9 Å². The van der Waals surface area contributed by atoms with Crippen LogP contribution >= 0.6 is 11.3 Å². The summed E-state index contributed by atoms with van der Waals surface area (Å²) in [5.41, 5.74) is -3.19. The molecule has 0 radical (unpaired) electrons. The molecule has 0 spiro atoms. The monoisotopic (exact) mass is 770 g/mol. The van der Waals surface area contributed by atoms with Crippen molar-refractivity contribution in [1.29, 1.82) is 0 Å². The number of anilines is 1. The first-order valence-corrected chi connectivity index (χ1v) is 18.4. The lowest BCUT2D eigenvalue weighted by Crippen LogP contribution is -2.69. The second-order valence-electron chi connectivity index (χ2n) is 13.2. The number of pyridine rings is 1. The van der Waals surface area contributed by atoms with Crippen LogP contribution in [0.25, 0.3) is 0 Å². The summed E-state index contributed by atoms with van der Waals surface area (Å²) in [6.07, 6.45) is -6.17. The fourth-order valence-corrected chi connectivity index (χ4v) is 8.05. The van der Waals surface area contributed by atoms with Gasteiger partial charge in [-0.05, 0) is 37.5 Å². The predicted octanol–water partition coefficient (Wildman–Crippen LogP) is 6.67. The number of carbonyl (C=O) groups is 2. The highest BCUT2D eigenvalue weighted by Crippen LogP contribution is 2.44. The summed E-state index contributed by atoms with van der Waals surface area (Å²) >= 11 is 0.400. The SMILES string of the molecule is O=C1c2c(C(F)(F)F)ccnc2OCCCCCC[C@H]2N1CCC[C@@]2(Oc1csc(C(F)(F)F)c1)C(=O)N1CCN(c2ccccc2OCCO)CC1. The fourth-order valence-electron chi connectivity index (χ4n) is 7.38. The highest BCUT2D eigenvalue weighted by Gasteiger charge is 2.56. The Balaban J connectivity index is 1.39. The van der Waals surface area contributed by atoms with Crippen molar-refractivity contribution >= 4 is 28.8 Å². The number of halogens is 6. The standard InChI is InChI=1S/C36H40F6N4O6S/c37-35(38,39)25-11-13-43-31-30(25)32(48)46-14-7-12-34(28(46)10-3-1-2-6-20-51-31,52-24-22-29(53-23-24)36(40,41)42)33(49)45-17-15-44(16-18-45)26-8-4-5-9-27(26)50-21-19-47/h4-5,8-9,11,13,22-23,28,47H,1-3,6-7,10,12,14-21H2/t28-,34+/m1/s1. The lowest BCUT2D eigenvalue weighted by atomic mass is 9.79. The third kappa shape index (κ3) is 8.30. The van der Waals surface area contributed by atoms with Gasteiger partial charge in [0.15, 0.2) is 0 Å². The van der Waals surface area contributed by atoms with Crippen molar-refractivity contribution in [3.05, 3.63) is 64.0 Å². The number of fused-ring (bicyclic) bond motifs is 2. The van der Waals surface area contributed by atoms with Gasteiger partial charge in [0.25, 0.3) is 11.8 Å². The molecule has 2 amide bonds. The third-order valence-electron chi connectivity index (χ3n) is 9.81. The van der Waals surface area contributed by atoms with E-state index in [1.807, 2.05) is 17.0 Å². The zero-order valence-electron chi connectivity index (χ0n) is 28.8. The Morgan fingerprint density at radius 2 is 1.74 bits per heavy atom. The molecule has 3 aliphatic rings. The highest BCUT2D eigenvalue weighted by molar-refractivity contribution is 7.10. The minimum atomic E-state index is -4.94. The Morgan fingerprint density at radius 1 is 0.981 bits per heavy atom. The number of rotatable bonds is 7. The number of nitrogens with zero attached hydrogens (tertiary/aromatic N) is 4. The number of amides is 2. The van der Waals surface area contributed by atoms with E-state index in [1.54, 1.807) is 17.0 Å². The molecule has 10 nitrogen and oxygen atoms in total. The summed E-state index contributed by atoms with van der Waals surface area (Å²) in [6, 6.07) is 7.62. The van der Waals surface area contributed by atoms with Crippen molar-refractivity contribution < 1.29 is 55.2 Å². The number of piperidine rings is 1. The van der Waals surface area contributed by atoms with Crippen molar-refractivity contribution in [1.82, 2.24) is 14.8 Å². The van der Waals surface area contributed by atoms with Crippen molar-refractivity contribution in [2.75, 3.05) is 57.4 Å². The van der Waals surface area contributed by atoms with E-state index in [1.165, 1.54) is 4.90 Å². The van der Waals surface area contributed by atoms with Gasteiger partial charge >= 0.3 is 12.4 Å². The number of hydrogen-bond donors (Lipinski definition) is 1. The lowest BCUT2D eigenvalue weighted by Gasteiger charge is -2.51. The molecule has 0 saturated carbocycles. The first-order valence-electron chi connectivity index (χ1n) is 17.5. The predicted molar refractivity (Wildman–Crippen MR) is 182 cm³/mol. The summed E-state index contributed by atoms with van der Waals surface area (Å²) in [5, 5.41) is 10.4. The summed E-state index contributed by atoms with van der Waals surface area (Å²) in [7, 11) is 0. The van der Waals surface area contributed by atoms with Gasteiger partial charge in [0, 0.05) is 56.8 Å². The van der Waals surface area contributed by atoms with Crippen molar-refractivity contribution in [2.45, 2.75) is 68.9 Å². The van der Waals surface area contributed by atoms with Crippen LogP contribution < -0.4 is 19.1 Å². The highest BCUT2D eigenvalue weighted by atomic mass is 32.1. The van der Waals surface area contributed by atoms with Crippen LogP contribution in [-0.2, 0) is 17.1 Å². The van der Waals surface area contributed by atoms with Crippen LogP contribution in [0.15, 0.2) is 48.0 Å². The number of carbonyl (C=O) groups excluding carboxylic acids is 2. The van der Waals surface area contributed by atoms with Gasteiger partial charge in [-0.15, -0.1) is 11.3 Å². The molecule has 53 heavy (non-hydrogen) atoms. The van der Waals surface area contributed by atoms with E-state index in [4.69, 9.17) is 14.2 Å². The second kappa shape index (κ2) is 16.0. The molecule has 3 aromatic rings. The molecule has 0 unspecified atom stereocenters. The Bertz CT molecular complexity index is 1750. The fraction of sp³-hybridized carbons (Fsp3) is 0.528. The first kappa shape index (κ1) is 38.5. The molecule has 17 heteroatoms. The third-order valence-corrected chi connectivity index (χ3v) is 10.8. The second-order valence-corrected chi connectivity index (χ2v) is 14.1. The normalized spacial score (nSPS) is 21.8. The Hall–Kier alpha value is -4.25. The number of benzene rings is 1. The maximum atomic E-state index is 15.0. The quantitative estimate of drug-likeness (QED) is 0.266. The Labute approximate surface area is 306 Å². The van der Waals surface area contributed by atoms with Gasteiger partial charge in [0.1, 0.15) is 28.5 Å². The smallest absolute Gasteiger partial charge is 0.425 e. The average molecular weight is 771 g/mol. The molecule has 2 fully saturated rings. The molecule has 2 saturated heterocycles. The van der Waals surface area contributed by atoms with Crippen LogP contribution in [0.4, 0.5) is 32.0 Å². The molecule has 0 bridgehead atoms. The summed E-state index contributed by atoms with van der Waals surface area (Å²) in [6.45, 7) is 0.969. The average Bonchev–Trinajstić information content (AvgIpc) is 3.62. The Morgan fingerprint density at radius 3 is 2.45 bits per heavy atom. The summed E-state index contributed by atoms with van der Waals surface area (Å²) in [5.74, 6) is -1.75. The van der Waals surface area contributed by atoms with E-state index in [2.05, 4.69) is 4.98 Å². The molecule has 6 rings (SSSR count). The number of hydrogen-bond acceptors (Lipinski definition) is 9.